The van der Waals surface area contributed by atoms with E-state index in [1.807, 2.05) is 12.4 Å². The van der Waals surface area contributed by atoms with Gasteiger partial charge in [0.2, 0.25) is 0 Å². The lowest BCUT2D eigenvalue weighted by molar-refractivity contribution is 0.0933. The van der Waals surface area contributed by atoms with Crippen LogP contribution < -0.4 is 5.32 Å². The molecule has 14 heavy (non-hydrogen) atoms. The van der Waals surface area contributed by atoms with Crippen LogP contribution in [0.25, 0.3) is 0 Å². The van der Waals surface area contributed by atoms with Crippen LogP contribution in [0.1, 0.15) is 24.3 Å². The second kappa shape index (κ2) is 3.35. The van der Waals surface area contributed by atoms with Crippen molar-refractivity contribution in [3.05, 3.63) is 30.1 Å². The second-order valence-electron chi connectivity index (χ2n) is 4.54. The first kappa shape index (κ1) is 8.42. The van der Waals surface area contributed by atoms with Crippen molar-refractivity contribution in [2.24, 2.45) is 11.8 Å². The molecule has 2 heteroatoms. The van der Waals surface area contributed by atoms with Crippen molar-refractivity contribution in [3.8, 4) is 0 Å². The van der Waals surface area contributed by atoms with Crippen LogP contribution in [-0.4, -0.2) is 18.1 Å². The lowest BCUT2D eigenvalue weighted by Gasteiger charge is -2.48. The average molecular weight is 188 g/mol. The average Bonchev–Trinajstić information content (AvgIpc) is 2.22. The van der Waals surface area contributed by atoms with Crippen LogP contribution in [-0.2, 0) is 0 Å². The Kier molecular flexibility index (Phi) is 2.02. The number of aromatic nitrogens is 1. The fraction of sp³-hybridized carbons (Fsp3) is 0.583. The van der Waals surface area contributed by atoms with Crippen LogP contribution >= 0.6 is 0 Å². The number of nitrogens with one attached hydrogen (secondary N) is 1. The maximum atomic E-state index is 4.07. The maximum absolute atomic E-state index is 4.07. The van der Waals surface area contributed by atoms with Gasteiger partial charge in [0, 0.05) is 12.4 Å². The molecule has 1 aliphatic heterocycles. The molecule has 0 bridgehead atoms. The highest BCUT2D eigenvalue weighted by Crippen LogP contribution is 2.49. The van der Waals surface area contributed by atoms with Crippen molar-refractivity contribution in [2.45, 2.75) is 18.8 Å². The maximum Gasteiger partial charge on any atom is 0.0270 e. The summed E-state index contributed by atoms with van der Waals surface area (Å²) in [6.07, 6.45) is 6.61. The summed E-state index contributed by atoms with van der Waals surface area (Å²) in [5.74, 6) is 2.69. The predicted molar refractivity (Wildman–Crippen MR) is 56.1 cm³/mol. The van der Waals surface area contributed by atoms with Gasteiger partial charge in [-0.05, 0) is 61.4 Å². The van der Waals surface area contributed by atoms with Gasteiger partial charge >= 0.3 is 0 Å². The standard InChI is InChI=1S/C12H16N2/c1-4-13-5-2-9(1)11-7-10-3-6-14-8-12(10)11/h1-2,4-5,10-12,14H,3,6-8H2/t10-,11+,12-/m0/s1. The molecular formula is C12H16N2. The molecule has 0 unspecified atom stereocenters. The third-order valence-electron chi connectivity index (χ3n) is 3.89. The molecule has 0 amide bonds. The van der Waals surface area contributed by atoms with E-state index in [4.69, 9.17) is 0 Å². The summed E-state index contributed by atoms with van der Waals surface area (Å²) >= 11 is 0. The first-order valence-corrected chi connectivity index (χ1v) is 5.56. The molecule has 0 aromatic carbocycles. The Labute approximate surface area is 84.7 Å². The quantitative estimate of drug-likeness (QED) is 0.727. The van der Waals surface area contributed by atoms with Gasteiger partial charge in [-0.1, -0.05) is 0 Å². The smallest absolute Gasteiger partial charge is 0.0270 e. The van der Waals surface area contributed by atoms with E-state index in [-0.39, 0.29) is 0 Å². The monoisotopic (exact) mass is 188 g/mol. The largest absolute Gasteiger partial charge is 0.316 e. The van der Waals surface area contributed by atoms with Crippen molar-refractivity contribution < 1.29 is 0 Å². The van der Waals surface area contributed by atoms with E-state index in [2.05, 4.69) is 22.4 Å². The summed E-state index contributed by atoms with van der Waals surface area (Å²) in [5.41, 5.74) is 1.49. The number of hydrogen-bond donors (Lipinski definition) is 1. The fourth-order valence-electron chi connectivity index (χ4n) is 3.00. The van der Waals surface area contributed by atoms with E-state index >= 15 is 0 Å². The summed E-state index contributed by atoms with van der Waals surface area (Å²) in [7, 11) is 0. The van der Waals surface area contributed by atoms with Crippen LogP contribution in [0, 0.1) is 11.8 Å². The van der Waals surface area contributed by atoms with Crippen LogP contribution in [0.5, 0.6) is 0 Å². The molecule has 1 aromatic rings. The molecule has 1 saturated heterocycles. The third-order valence-corrected chi connectivity index (χ3v) is 3.89. The Bertz CT molecular complexity index is 309. The topological polar surface area (TPSA) is 24.9 Å². The van der Waals surface area contributed by atoms with Crippen LogP contribution in [0.4, 0.5) is 0 Å². The SMILES string of the molecule is c1cc([C@H]2C[C@@H]3CCNC[C@@H]32)ccn1. The zero-order chi connectivity index (χ0) is 9.38. The van der Waals surface area contributed by atoms with Gasteiger partial charge in [0.1, 0.15) is 0 Å². The van der Waals surface area contributed by atoms with Crippen molar-refractivity contribution in [3.63, 3.8) is 0 Å². The van der Waals surface area contributed by atoms with Crippen LogP contribution in [0.15, 0.2) is 24.5 Å². The molecule has 2 nitrogen and oxygen atoms in total. The van der Waals surface area contributed by atoms with Gasteiger partial charge in [0.25, 0.3) is 0 Å². The summed E-state index contributed by atoms with van der Waals surface area (Å²) in [6.45, 7) is 2.45. The molecule has 2 fully saturated rings. The second-order valence-corrected chi connectivity index (χ2v) is 4.54. The first-order chi connectivity index (χ1) is 6.95. The number of fused-ring (bicyclic) bond motifs is 1. The minimum atomic E-state index is 0.802. The summed E-state index contributed by atoms with van der Waals surface area (Å²) in [6, 6.07) is 4.35. The van der Waals surface area contributed by atoms with Gasteiger partial charge in [-0.15, -0.1) is 0 Å². The number of piperidine rings is 1. The zero-order valence-electron chi connectivity index (χ0n) is 8.32. The highest BCUT2D eigenvalue weighted by atomic mass is 14.9. The number of hydrogen-bond acceptors (Lipinski definition) is 2. The highest BCUT2D eigenvalue weighted by molar-refractivity contribution is 5.21. The minimum absolute atomic E-state index is 0.802. The Morgan fingerprint density at radius 3 is 2.93 bits per heavy atom. The van der Waals surface area contributed by atoms with Crippen molar-refractivity contribution in [1.82, 2.24) is 10.3 Å². The van der Waals surface area contributed by atoms with Crippen molar-refractivity contribution in [2.75, 3.05) is 13.1 Å². The lowest BCUT2D eigenvalue weighted by atomic mass is 9.60. The van der Waals surface area contributed by atoms with Gasteiger partial charge in [-0.2, -0.15) is 0 Å². The lowest BCUT2D eigenvalue weighted by Crippen LogP contribution is -2.47. The van der Waals surface area contributed by atoms with E-state index in [0.717, 1.165) is 17.8 Å². The van der Waals surface area contributed by atoms with E-state index < -0.39 is 0 Å². The van der Waals surface area contributed by atoms with E-state index in [1.54, 1.807) is 0 Å². The van der Waals surface area contributed by atoms with Crippen molar-refractivity contribution in [1.29, 1.82) is 0 Å². The Hall–Kier alpha value is -0.890. The number of rotatable bonds is 1. The number of nitrogens with zero attached hydrogens (tertiary/aromatic N) is 1. The molecule has 3 atom stereocenters. The van der Waals surface area contributed by atoms with Gasteiger partial charge in [0.05, 0.1) is 0 Å². The molecule has 2 heterocycles. The molecule has 1 N–H and O–H groups in total. The molecule has 0 spiro atoms. The van der Waals surface area contributed by atoms with Gasteiger partial charge < -0.3 is 5.32 Å². The predicted octanol–water partition coefficient (Wildman–Crippen LogP) is 1.79. The number of pyridine rings is 1. The third kappa shape index (κ3) is 1.25. The molecule has 1 aliphatic carbocycles. The highest BCUT2D eigenvalue weighted by Gasteiger charge is 2.42. The Balaban J connectivity index is 1.76. The first-order valence-electron chi connectivity index (χ1n) is 5.56. The minimum Gasteiger partial charge on any atom is -0.316 e. The molecule has 3 rings (SSSR count). The summed E-state index contributed by atoms with van der Waals surface area (Å²) < 4.78 is 0. The molecule has 1 aromatic heterocycles. The Morgan fingerprint density at radius 2 is 2.14 bits per heavy atom. The molecule has 74 valence electrons. The zero-order valence-corrected chi connectivity index (χ0v) is 8.32. The van der Waals surface area contributed by atoms with Gasteiger partial charge in [-0.25, -0.2) is 0 Å². The van der Waals surface area contributed by atoms with Crippen LogP contribution in [0.2, 0.25) is 0 Å². The summed E-state index contributed by atoms with van der Waals surface area (Å²) in [5, 5.41) is 3.50. The fourth-order valence-corrected chi connectivity index (χ4v) is 3.00. The van der Waals surface area contributed by atoms with E-state index in [0.29, 0.717) is 0 Å². The molecule has 1 saturated carbocycles. The van der Waals surface area contributed by atoms with Gasteiger partial charge in [0.15, 0.2) is 0 Å². The Morgan fingerprint density at radius 1 is 1.29 bits per heavy atom. The normalized spacial score (nSPS) is 35.9. The van der Waals surface area contributed by atoms with Crippen molar-refractivity contribution >= 4 is 0 Å². The van der Waals surface area contributed by atoms with E-state index in [9.17, 15) is 0 Å². The van der Waals surface area contributed by atoms with E-state index in [1.165, 1.54) is 31.5 Å². The van der Waals surface area contributed by atoms with Gasteiger partial charge in [-0.3, -0.25) is 4.98 Å². The summed E-state index contributed by atoms with van der Waals surface area (Å²) in [4.78, 5) is 4.07. The van der Waals surface area contributed by atoms with Crippen LogP contribution in [0.3, 0.4) is 0 Å². The molecule has 2 aliphatic rings. The molecule has 0 radical (unpaired) electrons. The molecular weight excluding hydrogens is 172 g/mol.